The van der Waals surface area contributed by atoms with Crippen LogP contribution < -0.4 is 10.2 Å². The van der Waals surface area contributed by atoms with Crippen LogP contribution in [-0.4, -0.2) is 19.0 Å². The van der Waals surface area contributed by atoms with Crippen molar-refractivity contribution in [3.63, 3.8) is 0 Å². The molecule has 1 saturated carbocycles. The quantitative estimate of drug-likeness (QED) is 0.845. The van der Waals surface area contributed by atoms with Crippen molar-refractivity contribution in [1.29, 1.82) is 0 Å². The molecule has 0 radical (unpaired) electrons. The second-order valence-corrected chi connectivity index (χ2v) is 5.04. The molecule has 1 amide bonds. The van der Waals surface area contributed by atoms with Crippen LogP contribution in [0.5, 0.6) is 0 Å². The van der Waals surface area contributed by atoms with Gasteiger partial charge in [0.05, 0.1) is 0 Å². The summed E-state index contributed by atoms with van der Waals surface area (Å²) in [6.45, 7) is 0. The maximum Gasteiger partial charge on any atom is 0.248 e. The van der Waals surface area contributed by atoms with Crippen molar-refractivity contribution in [2.75, 3.05) is 11.9 Å². The number of likely N-dealkylation sites (N-methyl/N-ethyl adjacent to an activating group) is 1. The number of nitrogens with zero attached hydrogens (tertiary/aromatic N) is 1. The molecule has 0 bridgehead atoms. The van der Waals surface area contributed by atoms with E-state index in [-0.39, 0.29) is 11.9 Å². The Bertz CT molecular complexity index is 438. The van der Waals surface area contributed by atoms with Gasteiger partial charge in [-0.1, -0.05) is 31.0 Å². The number of hydrogen-bond donors (Lipinski definition) is 1. The highest BCUT2D eigenvalue weighted by Gasteiger charge is 2.36. The van der Waals surface area contributed by atoms with E-state index in [0.717, 1.165) is 11.3 Å². The van der Waals surface area contributed by atoms with E-state index >= 15 is 0 Å². The normalized spacial score (nSPS) is 24.4. The summed E-state index contributed by atoms with van der Waals surface area (Å²) in [7, 11) is 1.86. The lowest BCUT2D eigenvalue weighted by atomic mass is 10.1. The average Bonchev–Trinajstić information content (AvgIpc) is 2.94. The lowest BCUT2D eigenvalue weighted by Gasteiger charge is -2.18. The second kappa shape index (κ2) is 4.15. The van der Waals surface area contributed by atoms with E-state index in [1.165, 1.54) is 25.7 Å². The van der Waals surface area contributed by atoms with Gasteiger partial charge in [0.15, 0.2) is 0 Å². The number of carbonyl (C=O) groups excluding carboxylic acids is 1. The minimum absolute atomic E-state index is 0.126. The zero-order chi connectivity index (χ0) is 11.8. The number of benzene rings is 1. The van der Waals surface area contributed by atoms with Crippen molar-refractivity contribution >= 4 is 11.6 Å². The highest BCUT2D eigenvalue weighted by atomic mass is 16.2. The topological polar surface area (TPSA) is 32.3 Å². The van der Waals surface area contributed by atoms with Gasteiger partial charge in [-0.05, 0) is 18.9 Å². The largest absolute Gasteiger partial charge is 0.313 e. The molecule has 1 N–H and O–H groups in total. The monoisotopic (exact) mass is 230 g/mol. The summed E-state index contributed by atoms with van der Waals surface area (Å²) >= 11 is 0. The number of carbonyl (C=O) groups is 1. The fourth-order valence-corrected chi connectivity index (χ4v) is 2.97. The summed E-state index contributed by atoms with van der Waals surface area (Å²) in [5.41, 5.74) is 2.18. The maximum absolute atomic E-state index is 12.2. The van der Waals surface area contributed by atoms with Gasteiger partial charge in [0.25, 0.3) is 0 Å². The number of nitrogens with one attached hydrogen (secondary N) is 1. The maximum atomic E-state index is 12.2. The zero-order valence-electron chi connectivity index (χ0n) is 10.1. The van der Waals surface area contributed by atoms with Crippen molar-refractivity contribution in [3.05, 3.63) is 29.8 Å². The molecule has 2 aliphatic rings. The summed E-state index contributed by atoms with van der Waals surface area (Å²) in [5.74, 6) is 0.179. The number of fused-ring (bicyclic) bond motifs is 1. The first-order valence-electron chi connectivity index (χ1n) is 6.40. The van der Waals surface area contributed by atoms with Gasteiger partial charge in [-0.25, -0.2) is 0 Å². The molecular formula is C14H18N2O. The minimum Gasteiger partial charge on any atom is -0.313 e. The molecule has 1 unspecified atom stereocenters. The third-order valence-electron chi connectivity index (χ3n) is 3.94. The number of amides is 1. The third kappa shape index (κ3) is 1.75. The molecule has 17 heavy (non-hydrogen) atoms. The lowest BCUT2D eigenvalue weighted by molar-refractivity contribution is -0.119. The molecule has 0 saturated heterocycles. The average molecular weight is 230 g/mol. The molecular weight excluding hydrogens is 212 g/mol. The van der Waals surface area contributed by atoms with Crippen LogP contribution in [0.2, 0.25) is 0 Å². The van der Waals surface area contributed by atoms with E-state index < -0.39 is 0 Å². The van der Waals surface area contributed by atoms with Crippen molar-refractivity contribution in [3.8, 4) is 0 Å². The number of para-hydroxylation sites is 1. The van der Waals surface area contributed by atoms with Crippen LogP contribution in [0.1, 0.15) is 37.3 Å². The van der Waals surface area contributed by atoms with Gasteiger partial charge in [0.1, 0.15) is 6.04 Å². The van der Waals surface area contributed by atoms with Crippen LogP contribution in [0.3, 0.4) is 0 Å². The highest BCUT2D eigenvalue weighted by Crippen LogP contribution is 2.35. The predicted molar refractivity (Wildman–Crippen MR) is 68.0 cm³/mol. The van der Waals surface area contributed by atoms with E-state index in [2.05, 4.69) is 11.4 Å². The molecule has 3 rings (SSSR count). The van der Waals surface area contributed by atoms with Crippen LogP contribution in [0, 0.1) is 0 Å². The molecule has 1 fully saturated rings. The Kier molecular flexibility index (Phi) is 2.63. The Labute approximate surface area is 102 Å². The van der Waals surface area contributed by atoms with Gasteiger partial charge in [0.2, 0.25) is 5.91 Å². The van der Waals surface area contributed by atoms with Gasteiger partial charge in [-0.15, -0.1) is 0 Å². The van der Waals surface area contributed by atoms with Gasteiger partial charge < -0.3 is 4.90 Å². The summed E-state index contributed by atoms with van der Waals surface area (Å²) in [6.07, 6.45) is 4.98. The molecule has 0 aromatic heterocycles. The van der Waals surface area contributed by atoms with Crippen LogP contribution in [0.15, 0.2) is 24.3 Å². The van der Waals surface area contributed by atoms with Crippen molar-refractivity contribution < 1.29 is 4.79 Å². The molecule has 90 valence electrons. The van der Waals surface area contributed by atoms with Crippen LogP contribution in [0.4, 0.5) is 5.69 Å². The van der Waals surface area contributed by atoms with E-state index in [9.17, 15) is 4.79 Å². The molecule has 3 heteroatoms. The van der Waals surface area contributed by atoms with Gasteiger partial charge in [-0.3, -0.25) is 10.1 Å². The SMILES string of the molecule is CN1C(=O)C(NC2CCCC2)c2ccccc21. The van der Waals surface area contributed by atoms with Gasteiger partial charge in [0, 0.05) is 24.3 Å². The van der Waals surface area contributed by atoms with Crippen molar-refractivity contribution in [1.82, 2.24) is 5.32 Å². The standard InChI is InChI=1S/C14H18N2O/c1-16-12-9-5-4-8-11(12)13(14(16)17)15-10-6-2-3-7-10/h4-5,8-10,13,15H,2-3,6-7H2,1H3. The molecule has 1 aliphatic heterocycles. The number of rotatable bonds is 2. The highest BCUT2D eigenvalue weighted by molar-refractivity contribution is 6.04. The Hall–Kier alpha value is -1.35. The number of anilines is 1. The molecule has 1 aliphatic carbocycles. The summed E-state index contributed by atoms with van der Waals surface area (Å²) in [4.78, 5) is 14.0. The molecule has 0 spiro atoms. The van der Waals surface area contributed by atoms with Crippen LogP contribution >= 0.6 is 0 Å². The van der Waals surface area contributed by atoms with Gasteiger partial charge in [-0.2, -0.15) is 0 Å². The Morgan fingerprint density at radius 3 is 2.71 bits per heavy atom. The molecule has 1 aromatic rings. The van der Waals surface area contributed by atoms with Crippen LogP contribution in [-0.2, 0) is 4.79 Å². The summed E-state index contributed by atoms with van der Waals surface area (Å²) in [6, 6.07) is 8.46. The first-order chi connectivity index (χ1) is 8.27. The summed E-state index contributed by atoms with van der Waals surface area (Å²) in [5, 5.41) is 3.52. The first kappa shape index (κ1) is 10.8. The number of hydrogen-bond acceptors (Lipinski definition) is 2. The van der Waals surface area contributed by atoms with E-state index in [1.54, 1.807) is 4.90 Å². The summed E-state index contributed by atoms with van der Waals surface area (Å²) < 4.78 is 0. The molecule has 1 atom stereocenters. The zero-order valence-corrected chi connectivity index (χ0v) is 10.1. The molecule has 3 nitrogen and oxygen atoms in total. The van der Waals surface area contributed by atoms with Crippen molar-refractivity contribution in [2.24, 2.45) is 0 Å². The third-order valence-corrected chi connectivity index (χ3v) is 3.94. The molecule has 1 heterocycles. The smallest absolute Gasteiger partial charge is 0.248 e. The van der Waals surface area contributed by atoms with E-state index in [1.807, 2.05) is 25.2 Å². The predicted octanol–water partition coefficient (Wildman–Crippen LogP) is 2.24. The fourth-order valence-electron chi connectivity index (χ4n) is 2.97. The first-order valence-corrected chi connectivity index (χ1v) is 6.40. The van der Waals surface area contributed by atoms with E-state index in [0.29, 0.717) is 6.04 Å². The lowest BCUT2D eigenvalue weighted by Crippen LogP contribution is -2.37. The fraction of sp³-hybridized carbons (Fsp3) is 0.500. The Morgan fingerprint density at radius 2 is 1.94 bits per heavy atom. The van der Waals surface area contributed by atoms with Crippen LogP contribution in [0.25, 0.3) is 0 Å². The van der Waals surface area contributed by atoms with Gasteiger partial charge >= 0.3 is 0 Å². The second-order valence-electron chi connectivity index (χ2n) is 5.04. The van der Waals surface area contributed by atoms with Crippen molar-refractivity contribution in [2.45, 2.75) is 37.8 Å². The minimum atomic E-state index is -0.126. The Morgan fingerprint density at radius 1 is 1.24 bits per heavy atom. The molecule has 1 aromatic carbocycles. The Balaban J connectivity index is 1.86. The van der Waals surface area contributed by atoms with E-state index in [4.69, 9.17) is 0 Å².